The third kappa shape index (κ3) is 7.75. The Balaban J connectivity index is 1.76. The standard InChI is InChI=1S/C26H20BrCl2N3O4/c1-2-35-23-13-16(11-17(14-30)26(34)32-21-9-5-19(29)6-10-21)12-22(27)25(23)36-15-24(33)31-20-7-3-18(28)4-8-20/h3-13H,2,15H2,1H3,(H,31,33)(H,32,34)/b17-11+. The molecule has 0 aromatic heterocycles. The lowest BCUT2D eigenvalue weighted by Crippen LogP contribution is -2.20. The number of carbonyl (C=O) groups is 2. The van der Waals surface area contributed by atoms with Crippen LogP contribution in [0.2, 0.25) is 10.0 Å². The van der Waals surface area contributed by atoms with E-state index in [0.717, 1.165) is 0 Å². The molecule has 2 amide bonds. The van der Waals surface area contributed by atoms with Crippen LogP contribution in [0.3, 0.4) is 0 Å². The van der Waals surface area contributed by atoms with E-state index in [4.69, 9.17) is 32.7 Å². The fourth-order valence-corrected chi connectivity index (χ4v) is 3.82. The highest BCUT2D eigenvalue weighted by atomic mass is 79.9. The number of nitrogens with one attached hydrogen (secondary N) is 2. The molecule has 0 aliphatic rings. The number of amides is 2. The lowest BCUT2D eigenvalue weighted by atomic mass is 10.1. The van der Waals surface area contributed by atoms with Gasteiger partial charge in [0.25, 0.3) is 11.8 Å². The van der Waals surface area contributed by atoms with Gasteiger partial charge >= 0.3 is 0 Å². The second-order valence-corrected chi connectivity index (χ2v) is 8.96. The molecule has 3 rings (SSSR count). The fourth-order valence-electron chi connectivity index (χ4n) is 2.99. The number of halogens is 3. The molecule has 10 heteroatoms. The number of ether oxygens (including phenoxy) is 2. The van der Waals surface area contributed by atoms with Crippen molar-refractivity contribution < 1.29 is 19.1 Å². The summed E-state index contributed by atoms with van der Waals surface area (Å²) in [6.45, 7) is 1.85. The molecule has 0 aliphatic carbocycles. The largest absolute Gasteiger partial charge is 0.490 e. The van der Waals surface area contributed by atoms with Crippen molar-refractivity contribution >= 4 is 68.4 Å². The van der Waals surface area contributed by atoms with Crippen LogP contribution in [0.5, 0.6) is 11.5 Å². The van der Waals surface area contributed by atoms with Crippen LogP contribution >= 0.6 is 39.1 Å². The molecule has 0 unspecified atom stereocenters. The maximum absolute atomic E-state index is 12.6. The van der Waals surface area contributed by atoms with Crippen LogP contribution in [0.15, 0.2) is 70.7 Å². The number of hydrogen-bond acceptors (Lipinski definition) is 5. The smallest absolute Gasteiger partial charge is 0.266 e. The maximum atomic E-state index is 12.6. The zero-order chi connectivity index (χ0) is 26.1. The molecule has 2 N–H and O–H groups in total. The van der Waals surface area contributed by atoms with E-state index >= 15 is 0 Å². The molecule has 184 valence electrons. The van der Waals surface area contributed by atoms with Crippen molar-refractivity contribution in [3.8, 4) is 17.6 Å². The zero-order valence-electron chi connectivity index (χ0n) is 19.0. The molecule has 0 atom stereocenters. The van der Waals surface area contributed by atoms with Gasteiger partial charge in [-0.3, -0.25) is 9.59 Å². The Hall–Kier alpha value is -3.51. The molecule has 7 nitrogen and oxygen atoms in total. The number of hydrogen-bond donors (Lipinski definition) is 2. The third-order valence-corrected chi connectivity index (χ3v) is 5.68. The minimum atomic E-state index is -0.576. The summed E-state index contributed by atoms with van der Waals surface area (Å²) in [7, 11) is 0. The summed E-state index contributed by atoms with van der Waals surface area (Å²) in [6.07, 6.45) is 1.43. The number of benzene rings is 3. The van der Waals surface area contributed by atoms with Gasteiger partial charge in [-0.15, -0.1) is 0 Å². The molecule has 0 bridgehead atoms. The molecule has 0 saturated carbocycles. The van der Waals surface area contributed by atoms with Gasteiger partial charge in [-0.25, -0.2) is 0 Å². The monoisotopic (exact) mass is 587 g/mol. The van der Waals surface area contributed by atoms with E-state index in [-0.39, 0.29) is 18.1 Å². The van der Waals surface area contributed by atoms with Crippen LogP contribution in [0, 0.1) is 11.3 Å². The summed E-state index contributed by atoms with van der Waals surface area (Å²) in [5.41, 5.74) is 1.49. The van der Waals surface area contributed by atoms with E-state index < -0.39 is 5.91 Å². The molecular formula is C26H20BrCl2N3O4. The van der Waals surface area contributed by atoms with Gasteiger partial charge in [-0.2, -0.15) is 5.26 Å². The average Bonchev–Trinajstić information content (AvgIpc) is 2.85. The predicted octanol–water partition coefficient (Wildman–Crippen LogP) is 6.72. The molecule has 0 heterocycles. The highest BCUT2D eigenvalue weighted by Gasteiger charge is 2.16. The first-order chi connectivity index (χ1) is 17.3. The van der Waals surface area contributed by atoms with Crippen LogP contribution in [0.25, 0.3) is 6.08 Å². The number of rotatable bonds is 9. The predicted molar refractivity (Wildman–Crippen MR) is 145 cm³/mol. The normalized spacial score (nSPS) is 10.8. The molecule has 0 fully saturated rings. The summed E-state index contributed by atoms with van der Waals surface area (Å²) in [4.78, 5) is 24.9. The Labute approximate surface area is 226 Å². The van der Waals surface area contributed by atoms with Gasteiger partial charge in [0.05, 0.1) is 11.1 Å². The number of carbonyl (C=O) groups excluding carboxylic acids is 2. The Morgan fingerprint density at radius 3 is 2.11 bits per heavy atom. The van der Waals surface area contributed by atoms with E-state index in [9.17, 15) is 14.9 Å². The molecule has 0 saturated heterocycles. The molecule has 0 radical (unpaired) electrons. The SMILES string of the molecule is CCOc1cc(/C=C(\C#N)C(=O)Nc2ccc(Cl)cc2)cc(Br)c1OCC(=O)Nc1ccc(Cl)cc1. The summed E-state index contributed by atoms with van der Waals surface area (Å²) >= 11 is 15.2. The maximum Gasteiger partial charge on any atom is 0.266 e. The Bertz CT molecular complexity index is 1320. The van der Waals surface area contributed by atoms with Gasteiger partial charge < -0.3 is 20.1 Å². The van der Waals surface area contributed by atoms with E-state index in [1.807, 2.05) is 6.07 Å². The second-order valence-electron chi connectivity index (χ2n) is 7.24. The van der Waals surface area contributed by atoms with E-state index in [0.29, 0.717) is 49.6 Å². The lowest BCUT2D eigenvalue weighted by Gasteiger charge is -2.15. The zero-order valence-corrected chi connectivity index (χ0v) is 22.1. The van der Waals surface area contributed by atoms with Gasteiger partial charge in [0.15, 0.2) is 18.1 Å². The third-order valence-electron chi connectivity index (χ3n) is 4.59. The van der Waals surface area contributed by atoms with Crippen LogP contribution in [0.4, 0.5) is 11.4 Å². The molecule has 36 heavy (non-hydrogen) atoms. The molecule has 3 aromatic carbocycles. The van der Waals surface area contributed by atoms with Gasteiger partial charge in [0, 0.05) is 21.4 Å². The lowest BCUT2D eigenvalue weighted by molar-refractivity contribution is -0.118. The highest BCUT2D eigenvalue weighted by Crippen LogP contribution is 2.37. The van der Waals surface area contributed by atoms with Crippen LogP contribution in [0.1, 0.15) is 12.5 Å². The highest BCUT2D eigenvalue weighted by molar-refractivity contribution is 9.10. The van der Waals surface area contributed by atoms with Gasteiger partial charge in [0.1, 0.15) is 11.6 Å². The minimum Gasteiger partial charge on any atom is -0.490 e. The first kappa shape index (κ1) is 27.1. The summed E-state index contributed by atoms with van der Waals surface area (Å²) in [5.74, 6) is -0.299. The average molecular weight is 589 g/mol. The quantitative estimate of drug-likeness (QED) is 0.213. The minimum absolute atomic E-state index is 0.115. The first-order valence-corrected chi connectivity index (χ1v) is 12.2. The van der Waals surface area contributed by atoms with Gasteiger partial charge in [-0.05, 0) is 95.2 Å². The number of anilines is 2. The van der Waals surface area contributed by atoms with Crippen molar-refractivity contribution in [3.05, 3.63) is 86.3 Å². The molecular weight excluding hydrogens is 569 g/mol. The van der Waals surface area contributed by atoms with Crippen molar-refractivity contribution in [2.45, 2.75) is 6.92 Å². The summed E-state index contributed by atoms with van der Waals surface area (Å²) in [6, 6.07) is 18.4. The second kappa shape index (κ2) is 13.0. The van der Waals surface area contributed by atoms with Crippen molar-refractivity contribution in [3.63, 3.8) is 0 Å². The Morgan fingerprint density at radius 1 is 0.972 bits per heavy atom. The van der Waals surface area contributed by atoms with Crippen LogP contribution in [-0.4, -0.2) is 25.0 Å². The van der Waals surface area contributed by atoms with Crippen molar-refractivity contribution in [2.24, 2.45) is 0 Å². The molecule has 0 spiro atoms. The van der Waals surface area contributed by atoms with Gasteiger partial charge in [0.2, 0.25) is 0 Å². The van der Waals surface area contributed by atoms with Gasteiger partial charge in [-0.1, -0.05) is 23.2 Å². The Kier molecular flexibility index (Phi) is 9.77. The number of nitriles is 1. The summed E-state index contributed by atoms with van der Waals surface area (Å²) in [5, 5.41) is 16.0. The van der Waals surface area contributed by atoms with E-state index in [1.165, 1.54) is 6.08 Å². The van der Waals surface area contributed by atoms with E-state index in [1.54, 1.807) is 67.6 Å². The van der Waals surface area contributed by atoms with Crippen molar-refractivity contribution in [2.75, 3.05) is 23.8 Å². The first-order valence-electron chi connectivity index (χ1n) is 10.6. The summed E-state index contributed by atoms with van der Waals surface area (Å²) < 4.78 is 11.9. The Morgan fingerprint density at radius 2 is 1.56 bits per heavy atom. The fraction of sp³-hybridized carbons (Fsp3) is 0.115. The van der Waals surface area contributed by atoms with Crippen LogP contribution in [-0.2, 0) is 9.59 Å². The molecule has 0 aliphatic heterocycles. The van der Waals surface area contributed by atoms with Crippen LogP contribution < -0.4 is 20.1 Å². The molecule has 3 aromatic rings. The topological polar surface area (TPSA) is 100 Å². The number of nitrogens with zero attached hydrogens (tertiary/aromatic N) is 1. The van der Waals surface area contributed by atoms with E-state index in [2.05, 4.69) is 26.6 Å². The van der Waals surface area contributed by atoms with Crippen molar-refractivity contribution in [1.29, 1.82) is 5.26 Å². The van der Waals surface area contributed by atoms with Crippen molar-refractivity contribution in [1.82, 2.24) is 0 Å².